The Labute approximate surface area is 79.2 Å². The van der Waals surface area contributed by atoms with Crippen molar-refractivity contribution in [2.75, 3.05) is 0 Å². The van der Waals surface area contributed by atoms with Crippen molar-refractivity contribution in [3.05, 3.63) is 34.4 Å². The largest absolute Gasteiger partial charge is 0.306 e. The fourth-order valence-electron chi connectivity index (χ4n) is 2.78. The van der Waals surface area contributed by atoms with Crippen molar-refractivity contribution >= 4 is 0 Å². The smallest absolute Gasteiger partial charge is 0.0329 e. The van der Waals surface area contributed by atoms with Crippen LogP contribution in [0.1, 0.15) is 41.1 Å². The predicted molar refractivity (Wildman–Crippen MR) is 53.7 cm³/mol. The highest BCUT2D eigenvalue weighted by molar-refractivity contribution is 5.46. The molecule has 1 heterocycles. The first-order valence-electron chi connectivity index (χ1n) is 5.21. The molecule has 0 fully saturated rings. The number of nitrogens with one attached hydrogen (secondary N) is 1. The van der Waals surface area contributed by atoms with Gasteiger partial charge in [-0.05, 0) is 48.4 Å². The van der Waals surface area contributed by atoms with Crippen LogP contribution in [0.5, 0.6) is 0 Å². The van der Waals surface area contributed by atoms with Gasteiger partial charge in [-0.2, -0.15) is 0 Å². The molecule has 1 heteroatoms. The second kappa shape index (κ2) is 2.58. The SMILES string of the molecule is Cc1ccc2c3c1CNC3CCC2. The predicted octanol–water partition coefficient (Wildman–Crippen LogP) is 2.48. The van der Waals surface area contributed by atoms with Crippen molar-refractivity contribution in [2.45, 2.75) is 38.8 Å². The number of hydrogen-bond donors (Lipinski definition) is 1. The summed E-state index contributed by atoms with van der Waals surface area (Å²) >= 11 is 0. The van der Waals surface area contributed by atoms with E-state index in [0.29, 0.717) is 6.04 Å². The molecule has 1 aromatic rings. The van der Waals surface area contributed by atoms with Gasteiger partial charge in [0.25, 0.3) is 0 Å². The first kappa shape index (κ1) is 7.57. The van der Waals surface area contributed by atoms with Crippen LogP contribution in [0, 0.1) is 6.92 Å². The molecule has 0 radical (unpaired) electrons. The van der Waals surface area contributed by atoms with Crippen LogP contribution >= 0.6 is 0 Å². The maximum atomic E-state index is 3.60. The molecule has 13 heavy (non-hydrogen) atoms. The summed E-state index contributed by atoms with van der Waals surface area (Å²) in [6, 6.07) is 5.29. The van der Waals surface area contributed by atoms with Gasteiger partial charge in [0.05, 0.1) is 0 Å². The van der Waals surface area contributed by atoms with E-state index in [1.54, 1.807) is 16.7 Å². The maximum absolute atomic E-state index is 3.60. The zero-order chi connectivity index (χ0) is 8.84. The Balaban J connectivity index is 2.25. The van der Waals surface area contributed by atoms with Gasteiger partial charge in [0.2, 0.25) is 0 Å². The molecule has 68 valence electrons. The third-order valence-electron chi connectivity index (χ3n) is 3.49. The van der Waals surface area contributed by atoms with Crippen molar-refractivity contribution in [2.24, 2.45) is 0 Å². The van der Waals surface area contributed by atoms with Crippen LogP contribution in [-0.4, -0.2) is 0 Å². The highest BCUT2D eigenvalue weighted by Gasteiger charge is 2.28. The fourth-order valence-corrected chi connectivity index (χ4v) is 2.78. The van der Waals surface area contributed by atoms with Crippen LogP contribution in [-0.2, 0) is 13.0 Å². The van der Waals surface area contributed by atoms with Gasteiger partial charge in [0.15, 0.2) is 0 Å². The number of hydrogen-bond acceptors (Lipinski definition) is 1. The van der Waals surface area contributed by atoms with E-state index in [1.165, 1.54) is 24.8 Å². The van der Waals surface area contributed by atoms with Gasteiger partial charge in [-0.1, -0.05) is 12.1 Å². The minimum Gasteiger partial charge on any atom is -0.306 e. The van der Waals surface area contributed by atoms with Crippen LogP contribution in [0.2, 0.25) is 0 Å². The minimum absolute atomic E-state index is 0.679. The lowest BCUT2D eigenvalue weighted by Gasteiger charge is -2.21. The summed E-state index contributed by atoms with van der Waals surface area (Å²) < 4.78 is 0. The standard InChI is InChI=1S/C12H15N/c1-8-5-6-9-3-2-4-11-12(9)10(8)7-13-11/h5-6,11,13H,2-4,7H2,1H3. The Kier molecular flexibility index (Phi) is 1.50. The van der Waals surface area contributed by atoms with Crippen molar-refractivity contribution in [1.29, 1.82) is 0 Å². The third-order valence-corrected chi connectivity index (χ3v) is 3.49. The van der Waals surface area contributed by atoms with Crippen molar-refractivity contribution in [1.82, 2.24) is 5.32 Å². The van der Waals surface area contributed by atoms with Gasteiger partial charge in [0, 0.05) is 12.6 Å². The second-order valence-electron chi connectivity index (χ2n) is 4.26. The molecular formula is C12H15N. The Hall–Kier alpha value is -0.820. The quantitative estimate of drug-likeness (QED) is 0.635. The Bertz CT molecular complexity index is 354. The maximum Gasteiger partial charge on any atom is 0.0329 e. The monoisotopic (exact) mass is 173 g/mol. The molecule has 0 aromatic heterocycles. The van der Waals surface area contributed by atoms with E-state index in [1.807, 2.05) is 0 Å². The molecular weight excluding hydrogens is 158 g/mol. The van der Waals surface area contributed by atoms with E-state index >= 15 is 0 Å². The molecule has 2 aliphatic rings. The second-order valence-corrected chi connectivity index (χ2v) is 4.26. The molecule has 1 aromatic carbocycles. The third kappa shape index (κ3) is 0.969. The molecule has 1 aliphatic carbocycles. The van der Waals surface area contributed by atoms with E-state index in [-0.39, 0.29) is 0 Å². The fraction of sp³-hybridized carbons (Fsp3) is 0.500. The topological polar surface area (TPSA) is 12.0 Å². The zero-order valence-electron chi connectivity index (χ0n) is 8.06. The van der Waals surface area contributed by atoms with Gasteiger partial charge >= 0.3 is 0 Å². The summed E-state index contributed by atoms with van der Waals surface area (Å²) in [5.41, 5.74) is 6.30. The van der Waals surface area contributed by atoms with E-state index < -0.39 is 0 Å². The Morgan fingerprint density at radius 2 is 2.31 bits per heavy atom. The van der Waals surface area contributed by atoms with E-state index in [9.17, 15) is 0 Å². The molecule has 0 spiro atoms. The molecule has 1 aliphatic heterocycles. The van der Waals surface area contributed by atoms with E-state index in [0.717, 1.165) is 6.54 Å². The highest BCUT2D eigenvalue weighted by atomic mass is 14.9. The van der Waals surface area contributed by atoms with Crippen LogP contribution in [0.25, 0.3) is 0 Å². The zero-order valence-corrected chi connectivity index (χ0v) is 8.06. The van der Waals surface area contributed by atoms with Crippen LogP contribution < -0.4 is 5.32 Å². The summed E-state index contributed by atoms with van der Waals surface area (Å²) in [6.07, 6.45) is 3.98. The molecule has 1 unspecified atom stereocenters. The Morgan fingerprint density at radius 3 is 3.23 bits per heavy atom. The highest BCUT2D eigenvalue weighted by Crippen LogP contribution is 2.37. The summed E-state index contributed by atoms with van der Waals surface area (Å²) in [5, 5.41) is 3.60. The van der Waals surface area contributed by atoms with Crippen molar-refractivity contribution in [3.63, 3.8) is 0 Å². The molecule has 0 amide bonds. The molecule has 3 rings (SSSR count). The molecule has 1 nitrogen and oxygen atoms in total. The number of rotatable bonds is 0. The van der Waals surface area contributed by atoms with E-state index in [4.69, 9.17) is 0 Å². The van der Waals surface area contributed by atoms with Crippen LogP contribution in [0.4, 0.5) is 0 Å². The van der Waals surface area contributed by atoms with Gasteiger partial charge < -0.3 is 5.32 Å². The number of benzene rings is 1. The molecule has 1 atom stereocenters. The minimum atomic E-state index is 0.679. The molecule has 0 bridgehead atoms. The van der Waals surface area contributed by atoms with Gasteiger partial charge in [-0.25, -0.2) is 0 Å². The van der Waals surface area contributed by atoms with Gasteiger partial charge in [-0.15, -0.1) is 0 Å². The lowest BCUT2D eigenvalue weighted by molar-refractivity contribution is 0.498. The number of aryl methyl sites for hydroxylation is 2. The van der Waals surface area contributed by atoms with Crippen molar-refractivity contribution in [3.8, 4) is 0 Å². The van der Waals surface area contributed by atoms with Crippen LogP contribution in [0.3, 0.4) is 0 Å². The van der Waals surface area contributed by atoms with Crippen LogP contribution in [0.15, 0.2) is 12.1 Å². The van der Waals surface area contributed by atoms with Gasteiger partial charge in [-0.3, -0.25) is 0 Å². The first-order valence-corrected chi connectivity index (χ1v) is 5.21. The summed E-state index contributed by atoms with van der Waals surface area (Å²) in [4.78, 5) is 0. The lowest BCUT2D eigenvalue weighted by atomic mass is 9.86. The summed E-state index contributed by atoms with van der Waals surface area (Å²) in [6.45, 7) is 3.33. The van der Waals surface area contributed by atoms with Gasteiger partial charge in [0.1, 0.15) is 0 Å². The lowest BCUT2D eigenvalue weighted by Crippen LogP contribution is -2.16. The summed E-state index contributed by atoms with van der Waals surface area (Å²) in [5.74, 6) is 0. The molecule has 0 saturated heterocycles. The first-order chi connectivity index (χ1) is 6.36. The van der Waals surface area contributed by atoms with Crippen molar-refractivity contribution < 1.29 is 0 Å². The summed E-state index contributed by atoms with van der Waals surface area (Å²) in [7, 11) is 0. The average Bonchev–Trinajstić information content (AvgIpc) is 2.57. The normalized spacial score (nSPS) is 24.5. The molecule has 0 saturated carbocycles. The Morgan fingerprint density at radius 1 is 1.38 bits per heavy atom. The average molecular weight is 173 g/mol. The van der Waals surface area contributed by atoms with E-state index in [2.05, 4.69) is 24.4 Å². The molecule has 1 N–H and O–H groups in total.